The highest BCUT2D eigenvalue weighted by molar-refractivity contribution is 7.99. The molecule has 1 aliphatic rings. The van der Waals surface area contributed by atoms with E-state index in [-0.39, 0.29) is 11.5 Å². The molecule has 1 saturated heterocycles. The van der Waals surface area contributed by atoms with Gasteiger partial charge in [-0.3, -0.25) is 9.59 Å². The van der Waals surface area contributed by atoms with Gasteiger partial charge in [0, 0.05) is 50.7 Å². The van der Waals surface area contributed by atoms with E-state index in [0.717, 1.165) is 11.5 Å². The van der Waals surface area contributed by atoms with E-state index in [1.165, 1.54) is 6.20 Å². The summed E-state index contributed by atoms with van der Waals surface area (Å²) in [6.45, 7) is 4.73. The van der Waals surface area contributed by atoms with Gasteiger partial charge in [-0.05, 0) is 5.75 Å². The summed E-state index contributed by atoms with van der Waals surface area (Å²) in [6, 6.07) is 0. The van der Waals surface area contributed by atoms with Crippen molar-refractivity contribution in [2.75, 3.05) is 42.6 Å². The number of carbonyl (C=O) groups excluding carboxylic acids is 1. The molecule has 0 atom stereocenters. The molecule has 0 saturated carbocycles. The summed E-state index contributed by atoms with van der Waals surface area (Å²) in [7, 11) is 0. The molecule has 1 aromatic heterocycles. The van der Waals surface area contributed by atoms with E-state index in [9.17, 15) is 9.59 Å². The zero-order valence-corrected chi connectivity index (χ0v) is 12.5. The summed E-state index contributed by atoms with van der Waals surface area (Å²) in [6.07, 6.45) is 3.70. The van der Waals surface area contributed by atoms with Crippen LogP contribution in [0.15, 0.2) is 17.2 Å². The molecule has 6 nitrogen and oxygen atoms in total. The molecule has 2 heterocycles. The van der Waals surface area contributed by atoms with Gasteiger partial charge in [0.05, 0.1) is 0 Å². The highest BCUT2D eigenvalue weighted by atomic mass is 32.2. The van der Waals surface area contributed by atoms with Crippen LogP contribution < -0.4 is 10.5 Å². The molecule has 1 amide bonds. The first-order valence-corrected chi connectivity index (χ1v) is 8.02. The van der Waals surface area contributed by atoms with Gasteiger partial charge >= 0.3 is 0 Å². The number of H-pyrrole nitrogens is 1. The lowest BCUT2D eigenvalue weighted by Gasteiger charge is -2.34. The normalized spacial score (nSPS) is 15.4. The van der Waals surface area contributed by atoms with Gasteiger partial charge in [-0.15, -0.1) is 0 Å². The molecule has 2 rings (SSSR count). The number of carbonyl (C=O) groups is 1. The molecule has 0 radical (unpaired) electrons. The predicted octanol–water partition coefficient (Wildman–Crippen LogP) is 0.562. The van der Waals surface area contributed by atoms with Crippen molar-refractivity contribution < 1.29 is 4.79 Å². The van der Waals surface area contributed by atoms with E-state index in [2.05, 4.69) is 16.9 Å². The summed E-state index contributed by atoms with van der Waals surface area (Å²) in [5, 5.41) is 0. The van der Waals surface area contributed by atoms with Crippen LogP contribution in [0.1, 0.15) is 13.3 Å². The minimum absolute atomic E-state index is 0.174. The Morgan fingerprint density at radius 2 is 2.15 bits per heavy atom. The van der Waals surface area contributed by atoms with Crippen molar-refractivity contribution in [2.45, 2.75) is 13.3 Å². The van der Waals surface area contributed by atoms with Crippen LogP contribution in [-0.2, 0) is 4.79 Å². The standard InChI is InChI=1S/C13H20N4O2S/c1-2-20-10-3-11(18)16-6-8-17(9-7-16)12-13(19)15-5-4-14-12/h4-5H,2-3,6-10H2,1H3,(H,15,19). The first-order valence-electron chi connectivity index (χ1n) is 6.86. The number of nitrogens with one attached hydrogen (secondary N) is 1. The zero-order chi connectivity index (χ0) is 14.4. The fraction of sp³-hybridized carbons (Fsp3) is 0.615. The van der Waals surface area contributed by atoms with Gasteiger partial charge in [-0.1, -0.05) is 6.92 Å². The van der Waals surface area contributed by atoms with Crippen LogP contribution >= 0.6 is 11.8 Å². The average Bonchev–Trinajstić information content (AvgIpc) is 2.48. The highest BCUT2D eigenvalue weighted by Gasteiger charge is 2.22. The Morgan fingerprint density at radius 3 is 2.80 bits per heavy atom. The van der Waals surface area contributed by atoms with E-state index in [1.54, 1.807) is 18.0 Å². The van der Waals surface area contributed by atoms with Crippen LogP contribution in [0, 0.1) is 0 Å². The molecule has 0 aliphatic carbocycles. The van der Waals surface area contributed by atoms with Gasteiger partial charge in [0.15, 0.2) is 5.82 Å². The van der Waals surface area contributed by atoms with Gasteiger partial charge in [-0.2, -0.15) is 11.8 Å². The van der Waals surface area contributed by atoms with Gasteiger partial charge in [0.2, 0.25) is 5.91 Å². The smallest absolute Gasteiger partial charge is 0.290 e. The second-order valence-corrected chi connectivity index (χ2v) is 5.95. The van der Waals surface area contributed by atoms with Crippen LogP contribution in [0.4, 0.5) is 5.82 Å². The Labute approximate surface area is 122 Å². The molecule has 20 heavy (non-hydrogen) atoms. The van der Waals surface area contributed by atoms with E-state index in [0.29, 0.717) is 38.4 Å². The van der Waals surface area contributed by atoms with Gasteiger partial charge < -0.3 is 14.8 Å². The minimum Gasteiger partial charge on any atom is -0.348 e. The molecular weight excluding hydrogens is 276 g/mol. The third-order valence-corrected chi connectivity index (χ3v) is 4.19. The largest absolute Gasteiger partial charge is 0.348 e. The zero-order valence-electron chi connectivity index (χ0n) is 11.7. The monoisotopic (exact) mass is 296 g/mol. The Balaban J connectivity index is 1.85. The van der Waals surface area contributed by atoms with Gasteiger partial charge in [-0.25, -0.2) is 4.98 Å². The molecule has 0 aromatic carbocycles. The van der Waals surface area contributed by atoms with Crippen LogP contribution in [0.3, 0.4) is 0 Å². The maximum atomic E-state index is 12.0. The number of amides is 1. The molecule has 1 aromatic rings. The van der Waals surface area contributed by atoms with Crippen molar-refractivity contribution in [3.63, 3.8) is 0 Å². The van der Waals surface area contributed by atoms with Crippen molar-refractivity contribution in [1.82, 2.24) is 14.9 Å². The first kappa shape index (κ1) is 14.9. The number of hydrogen-bond donors (Lipinski definition) is 1. The van der Waals surface area contributed by atoms with Crippen LogP contribution in [0.2, 0.25) is 0 Å². The van der Waals surface area contributed by atoms with Crippen LogP contribution in [0.5, 0.6) is 0 Å². The van der Waals surface area contributed by atoms with E-state index in [4.69, 9.17) is 0 Å². The number of rotatable bonds is 5. The summed E-state index contributed by atoms with van der Waals surface area (Å²) >= 11 is 1.79. The Bertz CT molecular complexity index is 497. The summed E-state index contributed by atoms with van der Waals surface area (Å²) < 4.78 is 0. The number of nitrogens with zero attached hydrogens (tertiary/aromatic N) is 3. The number of aromatic nitrogens is 2. The van der Waals surface area contributed by atoms with Crippen molar-refractivity contribution in [1.29, 1.82) is 0 Å². The third-order valence-electron chi connectivity index (χ3n) is 3.29. The van der Waals surface area contributed by atoms with E-state index in [1.807, 2.05) is 9.80 Å². The summed E-state index contributed by atoms with van der Waals surface area (Å²) in [4.78, 5) is 34.2. The van der Waals surface area contributed by atoms with E-state index >= 15 is 0 Å². The molecule has 1 N–H and O–H groups in total. The Hall–Kier alpha value is -1.50. The Kier molecular flexibility index (Phi) is 5.46. The van der Waals surface area contributed by atoms with Crippen molar-refractivity contribution >= 4 is 23.5 Å². The maximum absolute atomic E-state index is 12.0. The lowest BCUT2D eigenvalue weighted by Crippen LogP contribution is -2.50. The first-order chi connectivity index (χ1) is 9.72. The molecule has 1 fully saturated rings. The number of piperazine rings is 1. The molecule has 0 spiro atoms. The van der Waals surface area contributed by atoms with Crippen molar-refractivity contribution in [3.8, 4) is 0 Å². The molecule has 0 unspecified atom stereocenters. The number of thioether (sulfide) groups is 1. The van der Waals surface area contributed by atoms with Crippen LogP contribution in [0.25, 0.3) is 0 Å². The quantitative estimate of drug-likeness (QED) is 0.804. The van der Waals surface area contributed by atoms with Crippen LogP contribution in [-0.4, -0.2) is 58.5 Å². The van der Waals surface area contributed by atoms with Gasteiger partial charge in [0.1, 0.15) is 0 Å². The molecule has 1 aliphatic heterocycles. The lowest BCUT2D eigenvalue weighted by atomic mass is 10.3. The Morgan fingerprint density at radius 1 is 1.40 bits per heavy atom. The minimum atomic E-state index is -0.174. The fourth-order valence-electron chi connectivity index (χ4n) is 2.20. The number of hydrogen-bond acceptors (Lipinski definition) is 5. The second kappa shape index (κ2) is 7.33. The van der Waals surface area contributed by atoms with Crippen molar-refractivity contribution in [2.24, 2.45) is 0 Å². The maximum Gasteiger partial charge on any atom is 0.290 e. The van der Waals surface area contributed by atoms with Crippen molar-refractivity contribution in [3.05, 3.63) is 22.7 Å². The number of aromatic amines is 1. The predicted molar refractivity (Wildman–Crippen MR) is 81.3 cm³/mol. The van der Waals surface area contributed by atoms with E-state index < -0.39 is 0 Å². The highest BCUT2D eigenvalue weighted by Crippen LogP contribution is 2.10. The summed E-state index contributed by atoms with van der Waals surface area (Å²) in [5.74, 6) is 2.58. The lowest BCUT2D eigenvalue weighted by molar-refractivity contribution is -0.131. The SMILES string of the molecule is CCSCCC(=O)N1CCN(c2ncc[nH]c2=O)CC1. The number of anilines is 1. The fourth-order valence-corrected chi connectivity index (χ4v) is 2.81. The summed E-state index contributed by atoms with van der Waals surface area (Å²) in [5.41, 5.74) is -0.174. The molecule has 7 heteroatoms. The van der Waals surface area contributed by atoms with Gasteiger partial charge in [0.25, 0.3) is 5.56 Å². The third kappa shape index (κ3) is 3.75. The average molecular weight is 296 g/mol. The molecule has 0 bridgehead atoms. The molecular formula is C13H20N4O2S. The topological polar surface area (TPSA) is 69.3 Å². The molecule has 110 valence electrons. The second-order valence-electron chi connectivity index (χ2n) is 4.56.